The number of aliphatic carboxylic acids is 1. The molecule has 0 saturated heterocycles. The lowest BCUT2D eigenvalue weighted by molar-refractivity contribution is -0.138. The summed E-state index contributed by atoms with van der Waals surface area (Å²) in [5.41, 5.74) is 7.18. The van der Waals surface area contributed by atoms with Crippen LogP contribution in [0.25, 0.3) is 0 Å². The van der Waals surface area contributed by atoms with E-state index in [1.807, 2.05) is 0 Å². The lowest BCUT2D eigenvalue weighted by Crippen LogP contribution is -2.32. The minimum atomic E-state index is -1.05. The Hall–Kier alpha value is -1.42. The molecule has 0 amide bonds. The molecule has 0 saturated carbocycles. The van der Waals surface area contributed by atoms with Gasteiger partial charge in [0, 0.05) is 0 Å². The van der Waals surface area contributed by atoms with Crippen molar-refractivity contribution in [3.63, 3.8) is 0 Å². The highest BCUT2D eigenvalue weighted by molar-refractivity contribution is 5.73. The number of carboxylic acid groups (broad SMARTS) is 1. The Morgan fingerprint density at radius 3 is 2.33 bits per heavy atom. The molecule has 0 fully saturated rings. The Labute approximate surface area is 87.7 Å². The number of hydrogen-bond donors (Lipinski definition) is 2. The second kappa shape index (κ2) is 4.40. The maximum Gasteiger partial charge on any atom is 0.320 e. The van der Waals surface area contributed by atoms with Gasteiger partial charge in [-0.3, -0.25) is 4.79 Å². The van der Waals surface area contributed by atoms with Crippen LogP contribution in [0.4, 0.5) is 4.39 Å². The van der Waals surface area contributed by atoms with Gasteiger partial charge in [-0.1, -0.05) is 12.1 Å². The largest absolute Gasteiger partial charge is 0.480 e. The molecule has 0 radical (unpaired) electrons. The third-order valence-corrected chi connectivity index (χ3v) is 2.27. The molecule has 0 heterocycles. The fourth-order valence-corrected chi connectivity index (χ4v) is 1.49. The van der Waals surface area contributed by atoms with E-state index in [0.29, 0.717) is 11.1 Å². The number of aryl methyl sites for hydroxylation is 2. The third-order valence-electron chi connectivity index (χ3n) is 2.27. The molecule has 15 heavy (non-hydrogen) atoms. The van der Waals surface area contributed by atoms with E-state index in [1.165, 1.54) is 0 Å². The molecule has 1 rings (SSSR count). The summed E-state index contributed by atoms with van der Waals surface area (Å²) in [6.07, 6.45) is 0.220. The first-order chi connectivity index (χ1) is 6.91. The average Bonchev–Trinajstić information content (AvgIpc) is 2.13. The molecule has 0 aliphatic carbocycles. The van der Waals surface area contributed by atoms with E-state index in [0.717, 1.165) is 5.56 Å². The molecule has 3 N–H and O–H groups in total. The summed E-state index contributed by atoms with van der Waals surface area (Å²) in [5, 5.41) is 8.64. The maximum atomic E-state index is 13.3. The lowest BCUT2D eigenvalue weighted by atomic mass is 10.0. The van der Waals surface area contributed by atoms with Crippen LogP contribution in [0.1, 0.15) is 16.7 Å². The fraction of sp³-hybridized carbons (Fsp3) is 0.364. The van der Waals surface area contributed by atoms with Gasteiger partial charge in [-0.15, -0.1) is 0 Å². The second-order valence-electron chi connectivity index (χ2n) is 3.69. The van der Waals surface area contributed by atoms with Gasteiger partial charge < -0.3 is 10.8 Å². The van der Waals surface area contributed by atoms with Crippen molar-refractivity contribution in [2.24, 2.45) is 5.73 Å². The molecule has 1 aromatic carbocycles. The first-order valence-electron chi connectivity index (χ1n) is 4.66. The molecule has 0 bridgehead atoms. The Bertz CT molecular complexity index is 367. The molecule has 82 valence electrons. The molecule has 0 aromatic heterocycles. The fourth-order valence-electron chi connectivity index (χ4n) is 1.49. The topological polar surface area (TPSA) is 63.3 Å². The number of hydrogen-bond acceptors (Lipinski definition) is 2. The molecular formula is C11H14FNO2. The van der Waals surface area contributed by atoms with Crippen LogP contribution in [0.15, 0.2) is 12.1 Å². The highest BCUT2D eigenvalue weighted by Gasteiger charge is 2.13. The van der Waals surface area contributed by atoms with Crippen molar-refractivity contribution in [2.45, 2.75) is 26.3 Å². The number of nitrogens with two attached hydrogens (primary N) is 1. The van der Waals surface area contributed by atoms with Gasteiger partial charge in [0.15, 0.2) is 0 Å². The molecule has 3 nitrogen and oxygen atoms in total. The van der Waals surface area contributed by atoms with E-state index in [4.69, 9.17) is 10.8 Å². The monoisotopic (exact) mass is 211 g/mol. The first kappa shape index (κ1) is 11.7. The van der Waals surface area contributed by atoms with Crippen LogP contribution >= 0.6 is 0 Å². The van der Waals surface area contributed by atoms with Gasteiger partial charge in [0.05, 0.1) is 0 Å². The van der Waals surface area contributed by atoms with Crippen molar-refractivity contribution in [3.8, 4) is 0 Å². The summed E-state index contributed by atoms with van der Waals surface area (Å²) in [7, 11) is 0. The number of benzene rings is 1. The summed E-state index contributed by atoms with van der Waals surface area (Å²) in [5.74, 6) is -1.29. The quantitative estimate of drug-likeness (QED) is 0.794. The number of carbonyl (C=O) groups is 1. The Kier molecular flexibility index (Phi) is 3.42. The van der Waals surface area contributed by atoms with Gasteiger partial charge in [-0.25, -0.2) is 4.39 Å². The number of carboxylic acids is 1. The van der Waals surface area contributed by atoms with E-state index >= 15 is 0 Å². The van der Waals surface area contributed by atoms with Crippen molar-refractivity contribution in [3.05, 3.63) is 34.6 Å². The van der Waals surface area contributed by atoms with E-state index < -0.39 is 12.0 Å². The molecule has 0 unspecified atom stereocenters. The molecule has 0 aliphatic rings. The second-order valence-corrected chi connectivity index (χ2v) is 3.69. The highest BCUT2D eigenvalue weighted by Crippen LogP contribution is 2.15. The van der Waals surface area contributed by atoms with Gasteiger partial charge in [0.25, 0.3) is 0 Å². The summed E-state index contributed by atoms with van der Waals surface area (Å²) in [6, 6.07) is 2.32. The zero-order chi connectivity index (χ0) is 11.6. The van der Waals surface area contributed by atoms with Crippen LogP contribution in [0.5, 0.6) is 0 Å². The van der Waals surface area contributed by atoms with E-state index in [-0.39, 0.29) is 12.2 Å². The van der Waals surface area contributed by atoms with Crippen molar-refractivity contribution in [2.75, 3.05) is 0 Å². The van der Waals surface area contributed by atoms with Crippen molar-refractivity contribution < 1.29 is 14.3 Å². The Morgan fingerprint density at radius 1 is 1.47 bits per heavy atom. The van der Waals surface area contributed by atoms with Crippen LogP contribution in [0, 0.1) is 19.7 Å². The zero-order valence-corrected chi connectivity index (χ0v) is 8.75. The van der Waals surface area contributed by atoms with Crippen molar-refractivity contribution >= 4 is 5.97 Å². The van der Waals surface area contributed by atoms with Gasteiger partial charge in [-0.05, 0) is 37.0 Å². The van der Waals surface area contributed by atoms with E-state index in [9.17, 15) is 9.18 Å². The van der Waals surface area contributed by atoms with Crippen LogP contribution in [-0.2, 0) is 11.2 Å². The first-order valence-corrected chi connectivity index (χ1v) is 4.66. The van der Waals surface area contributed by atoms with Gasteiger partial charge in [0.2, 0.25) is 0 Å². The molecule has 0 spiro atoms. The van der Waals surface area contributed by atoms with Gasteiger partial charge in [0.1, 0.15) is 11.9 Å². The molecule has 1 aromatic rings. The normalized spacial score (nSPS) is 12.5. The van der Waals surface area contributed by atoms with Crippen LogP contribution in [0.3, 0.4) is 0 Å². The van der Waals surface area contributed by atoms with Crippen molar-refractivity contribution in [1.82, 2.24) is 0 Å². The summed E-state index contributed by atoms with van der Waals surface area (Å²) in [4.78, 5) is 10.5. The average molecular weight is 211 g/mol. The third kappa shape index (κ3) is 2.76. The van der Waals surface area contributed by atoms with Gasteiger partial charge >= 0.3 is 5.97 Å². The van der Waals surface area contributed by atoms with Crippen LogP contribution < -0.4 is 5.73 Å². The van der Waals surface area contributed by atoms with E-state index in [1.54, 1.807) is 26.0 Å². The lowest BCUT2D eigenvalue weighted by Gasteiger charge is -2.09. The maximum absolute atomic E-state index is 13.3. The van der Waals surface area contributed by atoms with Crippen LogP contribution in [0.2, 0.25) is 0 Å². The predicted molar refractivity (Wildman–Crippen MR) is 55.2 cm³/mol. The molecule has 0 aliphatic heterocycles. The SMILES string of the molecule is Cc1cc(C[C@H](N)C(=O)O)cc(C)c1F. The zero-order valence-electron chi connectivity index (χ0n) is 8.75. The minimum absolute atomic E-state index is 0.220. The number of halogens is 1. The molecule has 4 heteroatoms. The summed E-state index contributed by atoms with van der Waals surface area (Å²) >= 11 is 0. The standard InChI is InChI=1S/C11H14FNO2/c1-6-3-8(4-7(2)10(6)12)5-9(13)11(14)15/h3-4,9H,5,13H2,1-2H3,(H,14,15)/t9-/m0/s1. The Morgan fingerprint density at radius 2 is 1.93 bits per heavy atom. The molecule has 1 atom stereocenters. The summed E-state index contributed by atoms with van der Waals surface area (Å²) in [6.45, 7) is 3.30. The predicted octanol–water partition coefficient (Wildman–Crippen LogP) is 1.40. The Balaban J connectivity index is 2.92. The van der Waals surface area contributed by atoms with Crippen molar-refractivity contribution in [1.29, 1.82) is 0 Å². The van der Waals surface area contributed by atoms with Crippen LogP contribution in [-0.4, -0.2) is 17.1 Å². The highest BCUT2D eigenvalue weighted by atomic mass is 19.1. The minimum Gasteiger partial charge on any atom is -0.480 e. The summed E-state index contributed by atoms with van der Waals surface area (Å²) < 4.78 is 13.3. The molecular weight excluding hydrogens is 197 g/mol. The van der Waals surface area contributed by atoms with E-state index in [2.05, 4.69) is 0 Å². The smallest absolute Gasteiger partial charge is 0.320 e. The van der Waals surface area contributed by atoms with Gasteiger partial charge in [-0.2, -0.15) is 0 Å². The number of rotatable bonds is 3.